The van der Waals surface area contributed by atoms with Crippen molar-refractivity contribution in [2.24, 2.45) is 5.92 Å². The molecule has 1 aliphatic carbocycles. The van der Waals surface area contributed by atoms with E-state index in [-0.39, 0.29) is 5.91 Å². The molecule has 8 nitrogen and oxygen atoms in total. The van der Waals surface area contributed by atoms with Gasteiger partial charge in [-0.1, -0.05) is 0 Å². The topological polar surface area (TPSA) is 89.5 Å². The Labute approximate surface area is 170 Å². The number of pyridine rings is 1. The molecule has 0 spiro atoms. The van der Waals surface area contributed by atoms with Crippen LogP contribution in [-0.2, 0) is 0 Å². The maximum absolute atomic E-state index is 12.9. The summed E-state index contributed by atoms with van der Waals surface area (Å²) in [6, 6.07) is 5.62. The first-order valence-electron chi connectivity index (χ1n) is 10.2. The molecule has 2 aromatic heterocycles. The average Bonchev–Trinajstić information content (AvgIpc) is 3.62. The number of carbonyl (C=O) groups excluding carboxylic acids is 1. The Morgan fingerprint density at radius 1 is 1.17 bits per heavy atom. The molecule has 0 radical (unpaired) electrons. The third-order valence-electron chi connectivity index (χ3n) is 5.58. The largest absolute Gasteiger partial charge is 0.493 e. The van der Waals surface area contributed by atoms with E-state index in [0.29, 0.717) is 48.7 Å². The lowest BCUT2D eigenvalue weighted by Gasteiger charge is -2.31. The molecule has 0 bridgehead atoms. The van der Waals surface area contributed by atoms with Gasteiger partial charge < -0.3 is 19.7 Å². The van der Waals surface area contributed by atoms with E-state index < -0.39 is 0 Å². The van der Waals surface area contributed by atoms with Crippen LogP contribution in [0.5, 0.6) is 11.5 Å². The van der Waals surface area contributed by atoms with Crippen molar-refractivity contribution in [3.05, 3.63) is 35.8 Å². The highest BCUT2D eigenvalue weighted by Gasteiger charge is 2.27. The lowest BCUT2D eigenvalue weighted by atomic mass is 9.93. The van der Waals surface area contributed by atoms with Crippen LogP contribution < -0.4 is 14.8 Å². The molecule has 2 aliphatic rings. The summed E-state index contributed by atoms with van der Waals surface area (Å²) in [7, 11) is 3.40. The summed E-state index contributed by atoms with van der Waals surface area (Å²) in [5.74, 6) is 2.79. The molecule has 8 heteroatoms. The fourth-order valence-corrected chi connectivity index (χ4v) is 3.54. The Morgan fingerprint density at radius 2 is 1.97 bits per heavy atom. The number of carbonyl (C=O) groups is 1. The monoisotopic (exact) mass is 397 g/mol. The van der Waals surface area contributed by atoms with E-state index in [1.54, 1.807) is 19.4 Å². The minimum Gasteiger partial charge on any atom is -0.493 e. The van der Waals surface area contributed by atoms with Crippen molar-refractivity contribution < 1.29 is 14.3 Å². The second-order valence-corrected chi connectivity index (χ2v) is 7.63. The fraction of sp³-hybridized carbons (Fsp3) is 0.524. The number of nitrogens with zero attached hydrogens (tertiary/aromatic N) is 4. The quantitative estimate of drug-likeness (QED) is 0.768. The molecule has 1 saturated carbocycles. The summed E-state index contributed by atoms with van der Waals surface area (Å²) < 4.78 is 11.2. The molecule has 0 aromatic carbocycles. The third kappa shape index (κ3) is 4.58. The van der Waals surface area contributed by atoms with Crippen LogP contribution >= 0.6 is 0 Å². The van der Waals surface area contributed by atoms with Crippen molar-refractivity contribution >= 4 is 11.7 Å². The number of piperidine rings is 1. The number of aromatic nitrogens is 3. The molecule has 0 unspecified atom stereocenters. The Balaban J connectivity index is 1.37. The average molecular weight is 397 g/mol. The summed E-state index contributed by atoms with van der Waals surface area (Å²) >= 11 is 0. The number of hydrogen-bond acceptors (Lipinski definition) is 7. The van der Waals surface area contributed by atoms with E-state index in [0.717, 1.165) is 24.4 Å². The van der Waals surface area contributed by atoms with Crippen LogP contribution in [0.2, 0.25) is 0 Å². The second kappa shape index (κ2) is 8.63. The van der Waals surface area contributed by atoms with E-state index in [9.17, 15) is 4.79 Å². The van der Waals surface area contributed by atoms with Crippen molar-refractivity contribution in [1.82, 2.24) is 20.1 Å². The summed E-state index contributed by atoms with van der Waals surface area (Å²) in [5, 5.41) is 11.4. The molecular formula is C21H27N5O3. The second-order valence-electron chi connectivity index (χ2n) is 7.63. The number of amides is 1. The maximum atomic E-state index is 12.9. The Kier molecular flexibility index (Phi) is 5.78. The maximum Gasteiger partial charge on any atom is 0.272 e. The first-order valence-corrected chi connectivity index (χ1v) is 10.2. The Bertz CT molecular complexity index is 846. The zero-order chi connectivity index (χ0) is 20.2. The van der Waals surface area contributed by atoms with Gasteiger partial charge in [0.05, 0.1) is 25.6 Å². The number of ether oxygens (including phenoxy) is 2. The van der Waals surface area contributed by atoms with Crippen molar-refractivity contribution in [2.45, 2.75) is 31.6 Å². The van der Waals surface area contributed by atoms with Gasteiger partial charge in [-0.3, -0.25) is 4.79 Å². The third-order valence-corrected chi connectivity index (χ3v) is 5.58. The van der Waals surface area contributed by atoms with Gasteiger partial charge in [0.2, 0.25) is 0 Å². The van der Waals surface area contributed by atoms with Crippen LogP contribution in [0.3, 0.4) is 0 Å². The number of anilines is 1. The van der Waals surface area contributed by atoms with Gasteiger partial charge in [0, 0.05) is 32.1 Å². The van der Waals surface area contributed by atoms with E-state index in [1.807, 2.05) is 24.1 Å². The van der Waals surface area contributed by atoms with Gasteiger partial charge in [-0.15, -0.1) is 5.10 Å². The molecule has 1 N–H and O–H groups in total. The molecule has 2 fully saturated rings. The molecule has 154 valence electrons. The van der Waals surface area contributed by atoms with Crippen molar-refractivity contribution in [2.75, 3.05) is 39.2 Å². The number of likely N-dealkylation sites (tertiary alicyclic amines) is 1. The van der Waals surface area contributed by atoms with E-state index in [1.165, 1.54) is 12.8 Å². The summed E-state index contributed by atoms with van der Waals surface area (Å²) in [6.07, 6.45) is 5.75. The van der Waals surface area contributed by atoms with Crippen LogP contribution in [0.25, 0.3) is 0 Å². The first-order chi connectivity index (χ1) is 14.2. The SMILES string of the molecule is CNc1ccc(C2CCN(C(=O)c3cc(OC)c(OCC4CC4)cn3)CC2)nn1. The van der Waals surface area contributed by atoms with Crippen molar-refractivity contribution in [1.29, 1.82) is 0 Å². The summed E-state index contributed by atoms with van der Waals surface area (Å²) in [4.78, 5) is 19.1. The standard InChI is InChI=1S/C21H27N5O3/c1-22-20-6-5-16(24-25-20)15-7-9-26(10-8-15)21(27)17-11-18(28-2)19(12-23-17)29-13-14-3-4-14/h5-6,11-12,14-15H,3-4,7-10,13H2,1-2H3,(H,22,25). The number of methoxy groups -OCH3 is 1. The van der Waals surface area contributed by atoms with Gasteiger partial charge in [-0.2, -0.15) is 5.10 Å². The molecule has 0 atom stereocenters. The highest BCUT2D eigenvalue weighted by molar-refractivity contribution is 5.93. The molecule has 1 saturated heterocycles. The zero-order valence-electron chi connectivity index (χ0n) is 16.9. The smallest absolute Gasteiger partial charge is 0.272 e. The lowest BCUT2D eigenvalue weighted by molar-refractivity contribution is 0.0705. The molecular weight excluding hydrogens is 370 g/mol. The zero-order valence-corrected chi connectivity index (χ0v) is 16.9. The van der Waals surface area contributed by atoms with Crippen LogP contribution in [0.15, 0.2) is 24.4 Å². The lowest BCUT2D eigenvalue weighted by Crippen LogP contribution is -2.38. The molecule has 3 heterocycles. The van der Waals surface area contributed by atoms with E-state index in [2.05, 4.69) is 20.5 Å². The minimum atomic E-state index is -0.0768. The van der Waals surface area contributed by atoms with Crippen LogP contribution in [0.4, 0.5) is 5.82 Å². The normalized spacial score (nSPS) is 17.1. The summed E-state index contributed by atoms with van der Waals surface area (Å²) in [6.45, 7) is 2.02. The molecule has 1 aliphatic heterocycles. The summed E-state index contributed by atoms with van der Waals surface area (Å²) in [5.41, 5.74) is 1.37. The van der Waals surface area contributed by atoms with Gasteiger partial charge in [0.1, 0.15) is 11.5 Å². The van der Waals surface area contributed by atoms with Crippen LogP contribution in [0.1, 0.15) is 47.8 Å². The number of rotatable bonds is 7. The first kappa shape index (κ1) is 19.4. The van der Waals surface area contributed by atoms with Crippen molar-refractivity contribution in [3.8, 4) is 11.5 Å². The number of nitrogens with one attached hydrogen (secondary N) is 1. The van der Waals surface area contributed by atoms with E-state index >= 15 is 0 Å². The molecule has 4 rings (SSSR count). The fourth-order valence-electron chi connectivity index (χ4n) is 3.54. The Hall–Kier alpha value is -2.90. The Morgan fingerprint density at radius 3 is 2.59 bits per heavy atom. The van der Waals surface area contributed by atoms with Crippen molar-refractivity contribution in [3.63, 3.8) is 0 Å². The minimum absolute atomic E-state index is 0.0768. The molecule has 1 amide bonds. The number of hydrogen-bond donors (Lipinski definition) is 1. The van der Waals surface area contributed by atoms with Gasteiger partial charge in [0.25, 0.3) is 5.91 Å². The van der Waals surface area contributed by atoms with Gasteiger partial charge in [-0.25, -0.2) is 4.98 Å². The predicted molar refractivity (Wildman–Crippen MR) is 108 cm³/mol. The molecule has 2 aromatic rings. The predicted octanol–water partition coefficient (Wildman–Crippen LogP) is 2.73. The molecule has 29 heavy (non-hydrogen) atoms. The van der Waals surface area contributed by atoms with Gasteiger partial charge in [0.15, 0.2) is 11.5 Å². The van der Waals surface area contributed by atoms with Crippen LogP contribution in [-0.4, -0.2) is 59.8 Å². The highest BCUT2D eigenvalue weighted by atomic mass is 16.5. The van der Waals surface area contributed by atoms with Gasteiger partial charge >= 0.3 is 0 Å². The van der Waals surface area contributed by atoms with Crippen LogP contribution in [0, 0.1) is 5.92 Å². The van der Waals surface area contributed by atoms with E-state index in [4.69, 9.17) is 9.47 Å². The van der Waals surface area contributed by atoms with Gasteiger partial charge in [-0.05, 0) is 43.7 Å². The highest BCUT2D eigenvalue weighted by Crippen LogP contribution is 2.33.